The molecule has 1 aromatic carbocycles. The van der Waals surface area contributed by atoms with E-state index in [4.69, 9.17) is 0 Å². The van der Waals surface area contributed by atoms with Crippen molar-refractivity contribution < 1.29 is 9.59 Å². The second-order valence-electron chi connectivity index (χ2n) is 6.44. The van der Waals surface area contributed by atoms with Crippen LogP contribution in [0.1, 0.15) is 69.2 Å². The first-order valence-electron chi connectivity index (χ1n) is 8.84. The van der Waals surface area contributed by atoms with Crippen molar-refractivity contribution in [3.63, 3.8) is 0 Å². The van der Waals surface area contributed by atoms with Crippen LogP contribution in [0.2, 0.25) is 0 Å². The van der Waals surface area contributed by atoms with Crippen LogP contribution in [0.5, 0.6) is 0 Å². The quantitative estimate of drug-likeness (QED) is 0.609. The molecule has 0 bridgehead atoms. The summed E-state index contributed by atoms with van der Waals surface area (Å²) in [5.74, 6) is -0.0279. The number of benzene rings is 1. The number of anilines is 1. The van der Waals surface area contributed by atoms with Crippen LogP contribution in [0.15, 0.2) is 29.4 Å². The highest BCUT2D eigenvalue weighted by atomic mass is 16.2. The van der Waals surface area contributed by atoms with Gasteiger partial charge in [0, 0.05) is 22.9 Å². The minimum atomic E-state index is -0.240. The largest absolute Gasteiger partial charge is 0.326 e. The molecule has 0 aliphatic heterocycles. The fourth-order valence-corrected chi connectivity index (χ4v) is 2.94. The van der Waals surface area contributed by atoms with E-state index >= 15 is 0 Å². The summed E-state index contributed by atoms with van der Waals surface area (Å²) in [6.07, 6.45) is 7.31. The first-order valence-corrected chi connectivity index (χ1v) is 8.84. The van der Waals surface area contributed by atoms with Gasteiger partial charge in [-0.1, -0.05) is 32.6 Å². The molecular weight excluding hydrogens is 302 g/mol. The lowest BCUT2D eigenvalue weighted by Gasteiger charge is -2.20. The first kappa shape index (κ1) is 18.2. The normalized spacial score (nSPS) is 15.8. The number of carbonyl (C=O) groups excluding carboxylic acids is 2. The van der Waals surface area contributed by atoms with E-state index in [-0.39, 0.29) is 17.7 Å². The summed E-state index contributed by atoms with van der Waals surface area (Å²) in [6, 6.07) is 6.93. The van der Waals surface area contributed by atoms with Gasteiger partial charge in [0.1, 0.15) is 0 Å². The van der Waals surface area contributed by atoms with Gasteiger partial charge in [-0.15, -0.1) is 0 Å². The van der Waals surface area contributed by atoms with Crippen molar-refractivity contribution >= 4 is 23.2 Å². The second kappa shape index (κ2) is 9.21. The van der Waals surface area contributed by atoms with Gasteiger partial charge in [0.2, 0.25) is 5.91 Å². The minimum Gasteiger partial charge on any atom is -0.326 e. The highest BCUT2D eigenvalue weighted by Gasteiger charge is 2.21. The molecule has 0 heterocycles. The zero-order valence-electron chi connectivity index (χ0n) is 14.6. The van der Waals surface area contributed by atoms with Crippen LogP contribution in [0.25, 0.3) is 0 Å². The Hall–Kier alpha value is -2.17. The Morgan fingerprint density at radius 1 is 1.12 bits per heavy atom. The van der Waals surface area contributed by atoms with Crippen molar-refractivity contribution in [1.29, 1.82) is 0 Å². The number of rotatable bonds is 6. The number of nitrogens with one attached hydrogen (secondary N) is 2. The van der Waals surface area contributed by atoms with Gasteiger partial charge >= 0.3 is 0 Å². The maximum Gasteiger partial charge on any atom is 0.271 e. The second-order valence-corrected chi connectivity index (χ2v) is 6.44. The number of hydrazone groups is 1. The number of amides is 2. The van der Waals surface area contributed by atoms with Gasteiger partial charge < -0.3 is 5.32 Å². The summed E-state index contributed by atoms with van der Waals surface area (Å²) in [6.45, 7) is 3.97. The summed E-state index contributed by atoms with van der Waals surface area (Å²) >= 11 is 0. The molecular formula is C19H27N3O2. The predicted octanol–water partition coefficient (Wildman–Crippen LogP) is 4.11. The third kappa shape index (κ3) is 5.48. The van der Waals surface area contributed by atoms with Gasteiger partial charge in [-0.25, -0.2) is 5.43 Å². The molecule has 1 saturated carbocycles. The Bertz CT molecular complexity index is 587. The van der Waals surface area contributed by atoms with Crippen LogP contribution in [-0.4, -0.2) is 17.5 Å². The summed E-state index contributed by atoms with van der Waals surface area (Å²) in [7, 11) is 0. The van der Waals surface area contributed by atoms with Gasteiger partial charge in [0.15, 0.2) is 0 Å². The van der Waals surface area contributed by atoms with Gasteiger partial charge in [0.25, 0.3) is 5.91 Å². The average Bonchev–Trinajstić information content (AvgIpc) is 2.61. The van der Waals surface area contributed by atoms with E-state index in [1.807, 2.05) is 6.92 Å². The van der Waals surface area contributed by atoms with Crippen molar-refractivity contribution in [3.8, 4) is 0 Å². The van der Waals surface area contributed by atoms with Crippen molar-refractivity contribution in [1.82, 2.24) is 5.43 Å². The molecule has 24 heavy (non-hydrogen) atoms. The lowest BCUT2D eigenvalue weighted by molar-refractivity contribution is -0.120. The number of hydrogen-bond donors (Lipinski definition) is 2. The Kier molecular flexibility index (Phi) is 6.97. The topological polar surface area (TPSA) is 70.6 Å². The fourth-order valence-electron chi connectivity index (χ4n) is 2.94. The van der Waals surface area contributed by atoms with E-state index in [0.29, 0.717) is 5.56 Å². The molecule has 0 atom stereocenters. The summed E-state index contributed by atoms with van der Waals surface area (Å²) < 4.78 is 0. The molecule has 1 fully saturated rings. The Labute approximate surface area is 143 Å². The number of hydrogen-bond acceptors (Lipinski definition) is 3. The third-order valence-electron chi connectivity index (χ3n) is 4.35. The predicted molar refractivity (Wildman–Crippen MR) is 97.1 cm³/mol. The lowest BCUT2D eigenvalue weighted by Crippen LogP contribution is -2.24. The van der Waals surface area contributed by atoms with E-state index < -0.39 is 0 Å². The molecule has 0 spiro atoms. The Morgan fingerprint density at radius 2 is 1.79 bits per heavy atom. The van der Waals surface area contributed by atoms with Crippen molar-refractivity contribution in [2.24, 2.45) is 11.0 Å². The van der Waals surface area contributed by atoms with Crippen LogP contribution in [0.3, 0.4) is 0 Å². The van der Waals surface area contributed by atoms with Crippen molar-refractivity contribution in [3.05, 3.63) is 29.8 Å². The SMILES string of the molecule is CCC/C(C)=N/NC(=O)c1ccc(NC(=O)C2CCCCC2)cc1. The standard InChI is InChI=1S/C19H27N3O2/c1-3-7-14(2)21-22-19(24)16-10-12-17(13-11-16)20-18(23)15-8-5-4-6-9-15/h10-13,15H,3-9H2,1-2H3,(H,20,23)(H,22,24)/b21-14+. The monoisotopic (exact) mass is 329 g/mol. The van der Waals surface area contributed by atoms with Crippen LogP contribution in [0.4, 0.5) is 5.69 Å². The minimum absolute atomic E-state index is 0.0895. The molecule has 1 aliphatic carbocycles. The van der Waals surface area contributed by atoms with Crippen molar-refractivity contribution in [2.75, 3.05) is 5.32 Å². The molecule has 2 N–H and O–H groups in total. The van der Waals surface area contributed by atoms with Crippen LogP contribution in [0, 0.1) is 5.92 Å². The number of nitrogens with zero attached hydrogens (tertiary/aromatic N) is 1. The van der Waals surface area contributed by atoms with Crippen molar-refractivity contribution in [2.45, 2.75) is 58.8 Å². The lowest BCUT2D eigenvalue weighted by atomic mass is 9.88. The van der Waals surface area contributed by atoms with E-state index in [0.717, 1.165) is 49.9 Å². The van der Waals surface area contributed by atoms with E-state index in [1.165, 1.54) is 6.42 Å². The Balaban J connectivity index is 1.89. The zero-order chi connectivity index (χ0) is 17.4. The molecule has 0 saturated heterocycles. The van der Waals surface area contributed by atoms with Crippen LogP contribution >= 0.6 is 0 Å². The number of carbonyl (C=O) groups is 2. The molecule has 5 nitrogen and oxygen atoms in total. The van der Waals surface area contributed by atoms with E-state index in [9.17, 15) is 9.59 Å². The highest BCUT2D eigenvalue weighted by molar-refractivity contribution is 5.96. The third-order valence-corrected chi connectivity index (χ3v) is 4.35. The maximum absolute atomic E-state index is 12.2. The summed E-state index contributed by atoms with van der Waals surface area (Å²) in [5.41, 5.74) is 4.72. The smallest absolute Gasteiger partial charge is 0.271 e. The molecule has 1 aromatic rings. The molecule has 2 rings (SSSR count). The van der Waals surface area contributed by atoms with Gasteiger partial charge in [0.05, 0.1) is 0 Å². The summed E-state index contributed by atoms with van der Waals surface area (Å²) in [5, 5.41) is 7.02. The molecule has 130 valence electrons. The molecule has 0 radical (unpaired) electrons. The molecule has 0 aromatic heterocycles. The molecule has 1 aliphatic rings. The first-order chi connectivity index (χ1) is 11.6. The average molecular weight is 329 g/mol. The fraction of sp³-hybridized carbons (Fsp3) is 0.526. The van der Waals surface area contributed by atoms with Gasteiger partial charge in [-0.05, 0) is 50.5 Å². The Morgan fingerprint density at radius 3 is 2.42 bits per heavy atom. The zero-order valence-corrected chi connectivity index (χ0v) is 14.6. The van der Waals surface area contributed by atoms with Crippen LogP contribution < -0.4 is 10.7 Å². The molecule has 5 heteroatoms. The van der Waals surface area contributed by atoms with Gasteiger partial charge in [-0.3, -0.25) is 9.59 Å². The summed E-state index contributed by atoms with van der Waals surface area (Å²) in [4.78, 5) is 24.2. The van der Waals surface area contributed by atoms with E-state index in [1.54, 1.807) is 24.3 Å². The van der Waals surface area contributed by atoms with Crippen LogP contribution in [-0.2, 0) is 4.79 Å². The maximum atomic E-state index is 12.2. The molecule has 2 amide bonds. The van der Waals surface area contributed by atoms with E-state index in [2.05, 4.69) is 22.8 Å². The van der Waals surface area contributed by atoms with Gasteiger partial charge in [-0.2, -0.15) is 5.10 Å². The molecule has 0 unspecified atom stereocenters. The highest BCUT2D eigenvalue weighted by Crippen LogP contribution is 2.25.